The number of ether oxygens (including phenoxy) is 1. The van der Waals surface area contributed by atoms with E-state index in [4.69, 9.17) is 4.74 Å². The fourth-order valence-electron chi connectivity index (χ4n) is 1.19. The lowest BCUT2D eigenvalue weighted by molar-refractivity contribution is 0.373. The van der Waals surface area contributed by atoms with Crippen LogP contribution in [0.15, 0.2) is 21.6 Å². The number of methoxy groups -OCH3 is 1. The number of rotatable bonds is 3. The number of aliphatic imine (C=N–C) groups is 1. The van der Waals surface area contributed by atoms with Gasteiger partial charge in [0.25, 0.3) is 5.95 Å². The third-order valence-electron chi connectivity index (χ3n) is 1.94. The third kappa shape index (κ3) is 2.59. The second kappa shape index (κ2) is 4.91. The summed E-state index contributed by atoms with van der Waals surface area (Å²) in [6.45, 7) is 0. The van der Waals surface area contributed by atoms with Crippen molar-refractivity contribution >= 4 is 28.1 Å². The van der Waals surface area contributed by atoms with Crippen LogP contribution in [0.2, 0.25) is 0 Å². The summed E-state index contributed by atoms with van der Waals surface area (Å²) >= 11 is 3.30. The first kappa shape index (κ1) is 11.5. The highest BCUT2D eigenvalue weighted by atomic mass is 79.9. The zero-order chi connectivity index (χ0) is 12.3. The van der Waals surface area contributed by atoms with Gasteiger partial charge in [0.1, 0.15) is 0 Å². The number of hydrogen-bond donors (Lipinski definition) is 2. The maximum atomic E-state index is 9.84. The van der Waals surface area contributed by atoms with E-state index in [-0.39, 0.29) is 11.7 Å². The predicted molar refractivity (Wildman–Crippen MR) is 63.8 cm³/mol. The Labute approximate surface area is 105 Å². The molecule has 0 amide bonds. The third-order valence-corrected chi connectivity index (χ3v) is 2.40. The highest BCUT2D eigenvalue weighted by molar-refractivity contribution is 9.10. The van der Waals surface area contributed by atoms with Gasteiger partial charge in [-0.05, 0) is 17.3 Å². The van der Waals surface area contributed by atoms with Gasteiger partial charge in [0.05, 0.1) is 7.11 Å². The second-order valence-electron chi connectivity index (χ2n) is 3.02. The van der Waals surface area contributed by atoms with Crippen LogP contribution in [-0.2, 0) is 0 Å². The fraction of sp³-hybridized carbons (Fsp3) is 0.111. The fourth-order valence-corrected chi connectivity index (χ4v) is 1.64. The Morgan fingerprint density at radius 3 is 3.00 bits per heavy atom. The molecule has 0 atom stereocenters. The SMILES string of the molecule is COc1cc(Br)cc(C=Nc2nn[nH]n2)c1O. The first-order valence-corrected chi connectivity index (χ1v) is 5.34. The van der Waals surface area contributed by atoms with Crippen molar-refractivity contribution < 1.29 is 9.84 Å². The molecule has 17 heavy (non-hydrogen) atoms. The summed E-state index contributed by atoms with van der Waals surface area (Å²) in [5.41, 5.74) is 0.487. The Hall–Kier alpha value is -1.96. The minimum absolute atomic E-state index is 0.00273. The first-order chi connectivity index (χ1) is 8.20. The number of H-pyrrole nitrogens is 1. The van der Waals surface area contributed by atoms with Crippen molar-refractivity contribution in [1.29, 1.82) is 0 Å². The smallest absolute Gasteiger partial charge is 0.288 e. The van der Waals surface area contributed by atoms with Gasteiger partial charge in [-0.3, -0.25) is 0 Å². The minimum Gasteiger partial charge on any atom is -0.504 e. The Kier molecular flexibility index (Phi) is 3.33. The summed E-state index contributed by atoms with van der Waals surface area (Å²) in [6.07, 6.45) is 1.42. The van der Waals surface area contributed by atoms with Gasteiger partial charge in [-0.1, -0.05) is 21.0 Å². The highest BCUT2D eigenvalue weighted by Crippen LogP contribution is 2.32. The van der Waals surface area contributed by atoms with E-state index in [9.17, 15) is 5.11 Å². The molecule has 0 aliphatic rings. The summed E-state index contributed by atoms with van der Waals surface area (Å²) in [6, 6.07) is 3.35. The van der Waals surface area contributed by atoms with Crippen LogP contribution in [0.25, 0.3) is 0 Å². The standard InChI is InChI=1S/C9H8BrN5O2/c1-17-7-3-6(10)2-5(8(7)16)4-11-9-12-14-15-13-9/h2-4,16H,1H3,(H,12,13,14,15). The Balaban J connectivity index is 2.35. The average molecular weight is 298 g/mol. The number of aromatic amines is 1. The van der Waals surface area contributed by atoms with Crippen molar-refractivity contribution in [2.75, 3.05) is 7.11 Å². The molecule has 0 aliphatic carbocycles. The van der Waals surface area contributed by atoms with E-state index in [1.807, 2.05) is 0 Å². The molecule has 0 radical (unpaired) electrons. The number of benzene rings is 1. The molecule has 2 aromatic rings. The van der Waals surface area contributed by atoms with Crippen LogP contribution < -0.4 is 4.74 Å². The average Bonchev–Trinajstić information content (AvgIpc) is 2.82. The van der Waals surface area contributed by atoms with Crippen LogP contribution in [0.3, 0.4) is 0 Å². The summed E-state index contributed by atoms with van der Waals surface area (Å²) in [4.78, 5) is 3.94. The first-order valence-electron chi connectivity index (χ1n) is 4.54. The molecule has 8 heteroatoms. The maximum Gasteiger partial charge on any atom is 0.288 e. The zero-order valence-corrected chi connectivity index (χ0v) is 10.3. The molecule has 88 valence electrons. The van der Waals surface area contributed by atoms with Crippen molar-refractivity contribution in [3.8, 4) is 11.5 Å². The lowest BCUT2D eigenvalue weighted by Crippen LogP contribution is -1.89. The molecule has 0 unspecified atom stereocenters. The molecule has 0 aliphatic heterocycles. The molecule has 1 aromatic heterocycles. The Morgan fingerprint density at radius 2 is 2.35 bits per heavy atom. The van der Waals surface area contributed by atoms with Crippen LogP contribution in [-0.4, -0.2) is 39.1 Å². The number of aromatic nitrogens is 4. The predicted octanol–water partition coefficient (Wildman–Crippen LogP) is 1.43. The number of aromatic hydroxyl groups is 1. The number of tetrazole rings is 1. The van der Waals surface area contributed by atoms with Gasteiger partial charge >= 0.3 is 0 Å². The van der Waals surface area contributed by atoms with Gasteiger partial charge in [-0.2, -0.15) is 5.21 Å². The van der Waals surface area contributed by atoms with Crippen molar-refractivity contribution in [1.82, 2.24) is 20.6 Å². The second-order valence-corrected chi connectivity index (χ2v) is 3.93. The number of nitrogens with one attached hydrogen (secondary N) is 1. The van der Waals surface area contributed by atoms with E-state index < -0.39 is 0 Å². The van der Waals surface area contributed by atoms with Gasteiger partial charge in [0.2, 0.25) is 0 Å². The lowest BCUT2D eigenvalue weighted by Gasteiger charge is -2.06. The monoisotopic (exact) mass is 297 g/mol. The van der Waals surface area contributed by atoms with Gasteiger partial charge in [0, 0.05) is 16.3 Å². The van der Waals surface area contributed by atoms with Crippen LogP contribution in [0.1, 0.15) is 5.56 Å². The number of hydrogen-bond acceptors (Lipinski definition) is 6. The molecule has 0 saturated heterocycles. The molecular weight excluding hydrogens is 290 g/mol. The summed E-state index contributed by atoms with van der Waals surface area (Å²) in [5, 5.41) is 22.8. The topological polar surface area (TPSA) is 96.3 Å². The van der Waals surface area contributed by atoms with Gasteiger partial charge in [0.15, 0.2) is 11.5 Å². The van der Waals surface area contributed by atoms with Crippen LogP contribution in [0.5, 0.6) is 11.5 Å². The molecule has 2 rings (SSSR count). The van der Waals surface area contributed by atoms with E-state index >= 15 is 0 Å². The molecule has 2 N–H and O–H groups in total. The van der Waals surface area contributed by atoms with Gasteiger partial charge in [-0.25, -0.2) is 4.99 Å². The van der Waals surface area contributed by atoms with Gasteiger partial charge < -0.3 is 9.84 Å². The molecule has 0 saturated carbocycles. The van der Waals surface area contributed by atoms with Crippen LogP contribution in [0, 0.1) is 0 Å². The highest BCUT2D eigenvalue weighted by Gasteiger charge is 2.08. The summed E-state index contributed by atoms with van der Waals surface area (Å²) in [5.74, 6) is 0.542. The van der Waals surface area contributed by atoms with E-state index in [0.717, 1.165) is 4.47 Å². The molecule has 0 bridgehead atoms. The molecule has 0 spiro atoms. The molecular formula is C9H8BrN5O2. The molecule has 7 nitrogen and oxygen atoms in total. The van der Waals surface area contributed by atoms with E-state index in [0.29, 0.717) is 11.3 Å². The lowest BCUT2D eigenvalue weighted by atomic mass is 10.2. The van der Waals surface area contributed by atoms with E-state index in [2.05, 4.69) is 41.5 Å². The minimum atomic E-state index is 0.00273. The van der Waals surface area contributed by atoms with Crippen molar-refractivity contribution in [3.63, 3.8) is 0 Å². The van der Waals surface area contributed by atoms with Crippen LogP contribution >= 0.6 is 15.9 Å². The normalized spacial score (nSPS) is 10.9. The number of phenols is 1. The quantitative estimate of drug-likeness (QED) is 0.835. The maximum absolute atomic E-state index is 9.84. The Morgan fingerprint density at radius 1 is 1.53 bits per heavy atom. The van der Waals surface area contributed by atoms with Crippen molar-refractivity contribution in [2.24, 2.45) is 4.99 Å². The number of phenolic OH excluding ortho intramolecular Hbond substituents is 1. The molecule has 1 aromatic carbocycles. The summed E-state index contributed by atoms with van der Waals surface area (Å²) in [7, 11) is 1.47. The molecule has 1 heterocycles. The van der Waals surface area contributed by atoms with Crippen LogP contribution in [0.4, 0.5) is 5.95 Å². The van der Waals surface area contributed by atoms with Gasteiger partial charge in [-0.15, -0.1) is 5.10 Å². The Bertz CT molecular complexity index is 541. The molecule has 0 fully saturated rings. The summed E-state index contributed by atoms with van der Waals surface area (Å²) < 4.78 is 5.78. The number of halogens is 1. The largest absolute Gasteiger partial charge is 0.504 e. The van der Waals surface area contributed by atoms with Crippen molar-refractivity contribution in [3.05, 3.63) is 22.2 Å². The zero-order valence-electron chi connectivity index (χ0n) is 8.75. The van der Waals surface area contributed by atoms with E-state index in [1.165, 1.54) is 13.3 Å². The van der Waals surface area contributed by atoms with E-state index in [1.54, 1.807) is 12.1 Å². The number of nitrogens with zero attached hydrogens (tertiary/aromatic N) is 4. The van der Waals surface area contributed by atoms with Crippen molar-refractivity contribution in [2.45, 2.75) is 0 Å².